The quantitative estimate of drug-likeness (QED) is 0.397. The monoisotopic (exact) mass is 478 g/mol. The van der Waals surface area contributed by atoms with Crippen molar-refractivity contribution in [3.8, 4) is 5.75 Å². The molecule has 0 spiro atoms. The Morgan fingerprint density at radius 2 is 1.71 bits per heavy atom. The van der Waals surface area contributed by atoms with Crippen LogP contribution in [0.5, 0.6) is 5.75 Å². The van der Waals surface area contributed by atoms with Crippen molar-refractivity contribution in [3.05, 3.63) is 75.9 Å². The number of amides is 2. The highest BCUT2D eigenvalue weighted by atomic mass is 32.1. The van der Waals surface area contributed by atoms with Crippen LogP contribution < -0.4 is 15.6 Å². The van der Waals surface area contributed by atoms with Crippen LogP contribution in [0.25, 0.3) is 10.2 Å². The van der Waals surface area contributed by atoms with Crippen molar-refractivity contribution in [2.75, 3.05) is 0 Å². The van der Waals surface area contributed by atoms with Crippen LogP contribution in [0.4, 0.5) is 0 Å². The number of hydrazine groups is 1. The molecule has 34 heavy (non-hydrogen) atoms. The van der Waals surface area contributed by atoms with Gasteiger partial charge in [-0.05, 0) is 43.7 Å². The Bertz CT molecular complexity index is 1350. The van der Waals surface area contributed by atoms with Crippen molar-refractivity contribution in [2.24, 2.45) is 0 Å². The largest absolute Gasteiger partial charge is 0.486 e. The zero-order chi connectivity index (χ0) is 24.5. The van der Waals surface area contributed by atoms with E-state index in [-0.39, 0.29) is 17.8 Å². The van der Waals surface area contributed by atoms with Crippen LogP contribution in [0.1, 0.15) is 63.8 Å². The highest BCUT2D eigenvalue weighted by Crippen LogP contribution is 2.33. The summed E-state index contributed by atoms with van der Waals surface area (Å²) in [6, 6.07) is 12.5. The van der Waals surface area contributed by atoms with Crippen LogP contribution in [0.2, 0.25) is 0 Å². The molecule has 0 unspecified atom stereocenters. The Morgan fingerprint density at radius 1 is 1.00 bits per heavy atom. The normalized spacial score (nSPS) is 11.4. The summed E-state index contributed by atoms with van der Waals surface area (Å²) in [6.45, 7) is 10.1. The number of fused-ring (bicyclic) bond motifs is 1. The van der Waals surface area contributed by atoms with Crippen LogP contribution in [0, 0.1) is 13.8 Å². The van der Waals surface area contributed by atoms with Crippen LogP contribution in [0.15, 0.2) is 46.9 Å². The van der Waals surface area contributed by atoms with Gasteiger partial charge < -0.3 is 9.15 Å². The second-order valence-corrected chi connectivity index (χ2v) is 9.89. The van der Waals surface area contributed by atoms with Crippen molar-refractivity contribution in [2.45, 2.75) is 46.6 Å². The van der Waals surface area contributed by atoms with Gasteiger partial charge >= 0.3 is 5.91 Å². The van der Waals surface area contributed by atoms with Gasteiger partial charge in [-0.2, -0.15) is 0 Å². The fraction of sp³-hybridized carbons (Fsp3) is 0.280. The first-order valence-corrected chi connectivity index (χ1v) is 11.6. The van der Waals surface area contributed by atoms with Gasteiger partial charge in [0.15, 0.2) is 5.76 Å². The highest BCUT2D eigenvalue weighted by Gasteiger charge is 2.24. The molecule has 0 saturated carbocycles. The Morgan fingerprint density at radius 3 is 2.41 bits per heavy atom. The molecular weight excluding hydrogens is 452 g/mol. The average Bonchev–Trinajstić information content (AvgIpc) is 3.41. The van der Waals surface area contributed by atoms with Gasteiger partial charge in [0.25, 0.3) is 5.91 Å². The van der Waals surface area contributed by atoms with E-state index < -0.39 is 11.8 Å². The Balaban J connectivity index is 1.41. The number of nitrogens with zero attached hydrogens (tertiary/aromatic N) is 2. The number of benzene rings is 1. The molecule has 4 aromatic rings. The van der Waals surface area contributed by atoms with Gasteiger partial charge in [0.05, 0.1) is 10.6 Å². The number of nitrogens with one attached hydrogen (secondary N) is 2. The molecule has 0 bridgehead atoms. The van der Waals surface area contributed by atoms with Crippen molar-refractivity contribution in [1.82, 2.24) is 20.8 Å². The van der Waals surface area contributed by atoms with Crippen LogP contribution in [0.3, 0.4) is 0 Å². The summed E-state index contributed by atoms with van der Waals surface area (Å²) >= 11 is 1.28. The van der Waals surface area contributed by atoms with Gasteiger partial charge in [0, 0.05) is 10.8 Å². The van der Waals surface area contributed by atoms with Gasteiger partial charge in [-0.3, -0.25) is 20.4 Å². The molecule has 3 heterocycles. The van der Waals surface area contributed by atoms with Crippen LogP contribution >= 0.6 is 11.3 Å². The van der Waals surface area contributed by atoms with Crippen molar-refractivity contribution in [1.29, 1.82) is 0 Å². The van der Waals surface area contributed by atoms with E-state index >= 15 is 0 Å². The number of hydrogen-bond acceptors (Lipinski definition) is 7. The Labute approximate surface area is 201 Å². The summed E-state index contributed by atoms with van der Waals surface area (Å²) < 4.78 is 11.2. The molecule has 3 aromatic heterocycles. The number of aryl methyl sites for hydroxylation is 2. The molecule has 0 radical (unpaired) electrons. The summed E-state index contributed by atoms with van der Waals surface area (Å²) in [5, 5.41) is 0.864. The fourth-order valence-corrected chi connectivity index (χ4v) is 4.50. The first kappa shape index (κ1) is 23.4. The Kier molecular flexibility index (Phi) is 6.39. The van der Waals surface area contributed by atoms with Crippen molar-refractivity contribution >= 4 is 33.4 Å². The van der Waals surface area contributed by atoms with Crippen LogP contribution in [-0.4, -0.2) is 21.8 Å². The summed E-state index contributed by atoms with van der Waals surface area (Å²) in [5.41, 5.74) is 6.27. The van der Waals surface area contributed by atoms with E-state index in [0.717, 1.165) is 27.3 Å². The SMILES string of the molecule is Cc1nc(C(C)(C)C)nc2sc(C(=O)NNC(=O)c3ccc(COc4ccccc4)o3)c(C)c12. The minimum absolute atomic E-state index is 0.0663. The number of carbonyl (C=O) groups is 2. The van der Waals surface area contributed by atoms with Gasteiger partial charge in [-0.1, -0.05) is 39.0 Å². The van der Waals surface area contributed by atoms with Crippen LogP contribution in [-0.2, 0) is 12.0 Å². The lowest BCUT2D eigenvalue weighted by Gasteiger charge is -2.16. The van der Waals surface area contributed by atoms with Crippen molar-refractivity contribution in [3.63, 3.8) is 0 Å². The van der Waals surface area contributed by atoms with E-state index in [1.165, 1.54) is 17.4 Å². The third-order valence-corrected chi connectivity index (χ3v) is 6.33. The number of thiophene rings is 1. The molecule has 0 saturated heterocycles. The average molecular weight is 479 g/mol. The molecule has 0 aliphatic carbocycles. The molecule has 0 aliphatic rings. The maximum Gasteiger partial charge on any atom is 0.305 e. The number of hydrogen-bond donors (Lipinski definition) is 2. The predicted molar refractivity (Wildman–Crippen MR) is 130 cm³/mol. The smallest absolute Gasteiger partial charge is 0.305 e. The molecule has 2 amide bonds. The van der Waals surface area contributed by atoms with E-state index in [2.05, 4.69) is 20.8 Å². The molecule has 176 valence electrons. The van der Waals surface area contributed by atoms with E-state index in [4.69, 9.17) is 9.15 Å². The minimum Gasteiger partial charge on any atom is -0.486 e. The molecular formula is C25H26N4O4S. The number of para-hydroxylation sites is 1. The van der Waals surface area contributed by atoms with Gasteiger partial charge in [0.2, 0.25) is 0 Å². The fourth-order valence-electron chi connectivity index (χ4n) is 3.37. The number of carbonyl (C=O) groups excluding carboxylic acids is 2. The molecule has 8 nitrogen and oxygen atoms in total. The van der Waals surface area contributed by atoms with E-state index in [9.17, 15) is 9.59 Å². The molecule has 2 N–H and O–H groups in total. The molecule has 1 aromatic carbocycles. The molecule has 0 aliphatic heterocycles. The number of aromatic nitrogens is 2. The van der Waals surface area contributed by atoms with Crippen molar-refractivity contribution < 1.29 is 18.7 Å². The highest BCUT2D eigenvalue weighted by molar-refractivity contribution is 7.20. The minimum atomic E-state index is -0.566. The molecule has 0 fully saturated rings. The van der Waals surface area contributed by atoms with Gasteiger partial charge in [-0.15, -0.1) is 11.3 Å². The second kappa shape index (κ2) is 9.26. The summed E-state index contributed by atoms with van der Waals surface area (Å²) in [6.07, 6.45) is 0. The maximum atomic E-state index is 12.8. The van der Waals surface area contributed by atoms with E-state index in [1.54, 1.807) is 6.07 Å². The maximum absolute atomic E-state index is 12.8. The van der Waals surface area contributed by atoms with E-state index in [1.807, 2.05) is 65.0 Å². The van der Waals surface area contributed by atoms with E-state index in [0.29, 0.717) is 16.4 Å². The third kappa shape index (κ3) is 4.94. The lowest BCUT2D eigenvalue weighted by Crippen LogP contribution is -2.41. The first-order valence-electron chi connectivity index (χ1n) is 10.8. The summed E-state index contributed by atoms with van der Waals surface area (Å²) in [5.74, 6) is 0.990. The molecule has 0 atom stereocenters. The molecule has 9 heteroatoms. The first-order chi connectivity index (χ1) is 16.1. The van der Waals surface area contributed by atoms with Gasteiger partial charge in [0.1, 0.15) is 28.8 Å². The number of furan rings is 1. The lowest BCUT2D eigenvalue weighted by atomic mass is 9.95. The number of ether oxygens (including phenoxy) is 1. The topological polar surface area (TPSA) is 106 Å². The lowest BCUT2D eigenvalue weighted by molar-refractivity contribution is 0.0830. The zero-order valence-electron chi connectivity index (χ0n) is 19.7. The molecule has 4 rings (SSSR count). The number of rotatable bonds is 5. The third-order valence-electron chi connectivity index (χ3n) is 5.15. The Hall–Kier alpha value is -3.72. The standard InChI is InChI=1S/C25H26N4O4S/c1-14-19-15(2)26-24(25(3,4)5)27-23(19)34-20(14)22(31)29-28-21(30)18-12-11-17(33-18)13-32-16-9-7-6-8-10-16/h6-12H,13H2,1-5H3,(H,28,30)(H,29,31). The zero-order valence-corrected chi connectivity index (χ0v) is 20.5. The summed E-state index contributed by atoms with van der Waals surface area (Å²) in [4.78, 5) is 35.8. The summed E-state index contributed by atoms with van der Waals surface area (Å²) in [7, 11) is 0. The second-order valence-electron chi connectivity index (χ2n) is 8.89. The predicted octanol–water partition coefficient (Wildman–Crippen LogP) is 4.85. The van der Waals surface area contributed by atoms with Gasteiger partial charge in [-0.25, -0.2) is 9.97 Å².